The van der Waals surface area contributed by atoms with Crippen LogP contribution in [0.15, 0.2) is 36.7 Å². The molecule has 2 heterocycles. The highest BCUT2D eigenvalue weighted by Gasteiger charge is 2.09. The van der Waals surface area contributed by atoms with Crippen molar-refractivity contribution < 1.29 is 14.6 Å². The molecule has 1 aliphatic rings. The van der Waals surface area contributed by atoms with Gasteiger partial charge in [-0.2, -0.15) is 5.10 Å². The lowest BCUT2D eigenvalue weighted by atomic mass is 10.1. The van der Waals surface area contributed by atoms with Crippen molar-refractivity contribution in [2.24, 2.45) is 0 Å². The molecule has 6 heteroatoms. The van der Waals surface area contributed by atoms with E-state index in [0.717, 1.165) is 24.4 Å². The Labute approximate surface area is 141 Å². The summed E-state index contributed by atoms with van der Waals surface area (Å²) in [6.07, 6.45) is 7.87. The maximum atomic E-state index is 10.9. The summed E-state index contributed by atoms with van der Waals surface area (Å²) < 4.78 is 7.33. The first-order valence-electron chi connectivity index (χ1n) is 8.46. The highest BCUT2D eigenvalue weighted by Crippen LogP contribution is 2.16. The number of benzene rings is 1. The largest absolute Gasteiger partial charge is 0.494 e. The van der Waals surface area contributed by atoms with Crippen molar-refractivity contribution in [1.82, 2.24) is 14.7 Å². The normalized spacial score (nSPS) is 15.3. The number of carboxylic acid groups (broad SMARTS) is 1. The summed E-state index contributed by atoms with van der Waals surface area (Å²) in [4.78, 5) is 13.4. The first kappa shape index (κ1) is 16.5. The first-order valence-corrected chi connectivity index (χ1v) is 8.46. The van der Waals surface area contributed by atoms with E-state index in [4.69, 9.17) is 9.84 Å². The number of carbonyl (C=O) groups is 1. The van der Waals surface area contributed by atoms with Crippen molar-refractivity contribution in [3.8, 4) is 11.4 Å². The molecule has 3 rings (SSSR count). The lowest BCUT2D eigenvalue weighted by molar-refractivity contribution is 0.0697. The SMILES string of the molecule is O=C(O)c1cnn(-c2ccc(OCCCN3CCCCC3)cc2)c1. The van der Waals surface area contributed by atoms with E-state index < -0.39 is 5.97 Å². The van der Waals surface area contributed by atoms with Gasteiger partial charge in [0.1, 0.15) is 5.75 Å². The minimum absolute atomic E-state index is 0.174. The van der Waals surface area contributed by atoms with Gasteiger partial charge in [0.2, 0.25) is 0 Å². The molecule has 1 fully saturated rings. The van der Waals surface area contributed by atoms with Crippen molar-refractivity contribution in [2.45, 2.75) is 25.7 Å². The molecule has 0 aliphatic carbocycles. The molecule has 0 bridgehead atoms. The third kappa shape index (κ3) is 4.35. The number of nitrogens with zero attached hydrogens (tertiary/aromatic N) is 3. The van der Waals surface area contributed by atoms with Crippen LogP contribution >= 0.6 is 0 Å². The second-order valence-corrected chi connectivity index (χ2v) is 6.08. The number of hydrogen-bond acceptors (Lipinski definition) is 4. The Morgan fingerprint density at radius 2 is 1.92 bits per heavy atom. The predicted octanol–water partition coefficient (Wildman–Crippen LogP) is 2.83. The van der Waals surface area contributed by atoms with E-state index in [-0.39, 0.29) is 5.56 Å². The van der Waals surface area contributed by atoms with Crippen LogP contribution in [0.3, 0.4) is 0 Å². The third-order valence-corrected chi connectivity index (χ3v) is 4.27. The zero-order valence-electron chi connectivity index (χ0n) is 13.7. The van der Waals surface area contributed by atoms with Crippen LogP contribution in [0.25, 0.3) is 5.69 Å². The zero-order chi connectivity index (χ0) is 16.8. The number of aromatic carboxylic acids is 1. The molecule has 0 radical (unpaired) electrons. The van der Waals surface area contributed by atoms with Gasteiger partial charge in [-0.15, -0.1) is 0 Å². The predicted molar refractivity (Wildman–Crippen MR) is 90.9 cm³/mol. The van der Waals surface area contributed by atoms with Crippen LogP contribution in [0.1, 0.15) is 36.0 Å². The summed E-state index contributed by atoms with van der Waals surface area (Å²) in [6.45, 7) is 4.25. The molecular weight excluding hydrogens is 306 g/mol. The molecule has 0 atom stereocenters. The van der Waals surface area contributed by atoms with E-state index in [0.29, 0.717) is 6.61 Å². The standard InChI is InChI=1S/C18H23N3O3/c22-18(23)15-13-19-21(14-15)16-5-7-17(8-6-16)24-12-4-11-20-9-2-1-3-10-20/h5-8,13-14H,1-4,9-12H2,(H,22,23). The number of likely N-dealkylation sites (tertiary alicyclic amines) is 1. The van der Waals surface area contributed by atoms with Crippen molar-refractivity contribution >= 4 is 5.97 Å². The van der Waals surface area contributed by atoms with Gasteiger partial charge in [-0.1, -0.05) is 6.42 Å². The molecule has 0 saturated carbocycles. The second-order valence-electron chi connectivity index (χ2n) is 6.08. The van der Waals surface area contributed by atoms with Crippen molar-refractivity contribution in [1.29, 1.82) is 0 Å². The summed E-state index contributed by atoms with van der Waals surface area (Å²) in [5.41, 5.74) is 0.983. The topological polar surface area (TPSA) is 67.6 Å². The number of carboxylic acids is 1. The Bertz CT molecular complexity index is 660. The quantitative estimate of drug-likeness (QED) is 0.791. The van der Waals surface area contributed by atoms with Gasteiger partial charge < -0.3 is 14.7 Å². The average molecular weight is 329 g/mol. The monoisotopic (exact) mass is 329 g/mol. The lowest BCUT2D eigenvalue weighted by Gasteiger charge is -2.26. The second kappa shape index (κ2) is 7.97. The Balaban J connectivity index is 1.46. The molecule has 24 heavy (non-hydrogen) atoms. The third-order valence-electron chi connectivity index (χ3n) is 4.27. The van der Waals surface area contributed by atoms with Gasteiger partial charge in [-0.25, -0.2) is 9.48 Å². The number of hydrogen-bond donors (Lipinski definition) is 1. The number of ether oxygens (including phenoxy) is 1. The molecule has 0 unspecified atom stereocenters. The van der Waals surface area contributed by atoms with Crippen LogP contribution in [-0.4, -0.2) is 52.0 Å². The number of piperidine rings is 1. The first-order chi connectivity index (χ1) is 11.7. The molecule has 1 N–H and O–H groups in total. The Morgan fingerprint density at radius 1 is 1.17 bits per heavy atom. The fourth-order valence-corrected chi connectivity index (χ4v) is 2.93. The average Bonchev–Trinajstić information content (AvgIpc) is 3.11. The molecule has 1 saturated heterocycles. The van der Waals surface area contributed by atoms with Gasteiger partial charge >= 0.3 is 5.97 Å². The van der Waals surface area contributed by atoms with Gasteiger partial charge in [0.15, 0.2) is 0 Å². The van der Waals surface area contributed by atoms with Gasteiger partial charge in [-0.05, 0) is 56.6 Å². The summed E-state index contributed by atoms with van der Waals surface area (Å²) in [5.74, 6) is -0.155. The van der Waals surface area contributed by atoms with E-state index in [2.05, 4.69) is 10.00 Å². The van der Waals surface area contributed by atoms with Crippen LogP contribution in [0.5, 0.6) is 5.75 Å². The van der Waals surface area contributed by atoms with Crippen molar-refractivity contribution in [3.63, 3.8) is 0 Å². The van der Waals surface area contributed by atoms with Crippen LogP contribution in [0.2, 0.25) is 0 Å². The van der Waals surface area contributed by atoms with E-state index >= 15 is 0 Å². The summed E-state index contributed by atoms with van der Waals surface area (Å²) >= 11 is 0. The molecule has 1 aromatic heterocycles. The molecular formula is C18H23N3O3. The van der Waals surface area contributed by atoms with Crippen LogP contribution < -0.4 is 4.74 Å². The molecule has 128 valence electrons. The van der Waals surface area contributed by atoms with Crippen LogP contribution in [0, 0.1) is 0 Å². The maximum absolute atomic E-state index is 10.9. The minimum atomic E-state index is -0.977. The van der Waals surface area contributed by atoms with Gasteiger partial charge in [0.05, 0.1) is 24.1 Å². The van der Waals surface area contributed by atoms with Gasteiger partial charge in [0, 0.05) is 12.7 Å². The van der Waals surface area contributed by atoms with Crippen LogP contribution in [-0.2, 0) is 0 Å². The molecule has 1 aliphatic heterocycles. The van der Waals surface area contributed by atoms with E-state index in [9.17, 15) is 4.79 Å². The van der Waals surface area contributed by atoms with Crippen molar-refractivity contribution in [2.75, 3.05) is 26.2 Å². The zero-order valence-corrected chi connectivity index (χ0v) is 13.7. The van der Waals surface area contributed by atoms with Gasteiger partial charge in [0.25, 0.3) is 0 Å². The van der Waals surface area contributed by atoms with Crippen molar-refractivity contribution in [3.05, 3.63) is 42.2 Å². The number of rotatable bonds is 7. The highest BCUT2D eigenvalue weighted by atomic mass is 16.5. The molecule has 2 aromatic rings. The lowest BCUT2D eigenvalue weighted by Crippen LogP contribution is -2.31. The molecule has 0 spiro atoms. The maximum Gasteiger partial charge on any atom is 0.338 e. The number of aromatic nitrogens is 2. The van der Waals surface area contributed by atoms with E-state index in [1.54, 1.807) is 4.68 Å². The van der Waals surface area contributed by atoms with Crippen LogP contribution in [0.4, 0.5) is 0 Å². The van der Waals surface area contributed by atoms with E-state index in [1.165, 1.54) is 44.7 Å². The fraction of sp³-hybridized carbons (Fsp3) is 0.444. The summed E-state index contributed by atoms with van der Waals surface area (Å²) in [6, 6.07) is 7.52. The molecule has 6 nitrogen and oxygen atoms in total. The van der Waals surface area contributed by atoms with E-state index in [1.807, 2.05) is 24.3 Å². The Morgan fingerprint density at radius 3 is 2.58 bits per heavy atom. The summed E-state index contributed by atoms with van der Waals surface area (Å²) in [7, 11) is 0. The highest BCUT2D eigenvalue weighted by molar-refractivity contribution is 5.86. The Hall–Kier alpha value is -2.34. The fourth-order valence-electron chi connectivity index (χ4n) is 2.93. The molecule has 0 amide bonds. The smallest absolute Gasteiger partial charge is 0.338 e. The Kier molecular flexibility index (Phi) is 5.48. The minimum Gasteiger partial charge on any atom is -0.494 e. The summed E-state index contributed by atoms with van der Waals surface area (Å²) in [5, 5.41) is 13.0. The molecule has 1 aromatic carbocycles. The van der Waals surface area contributed by atoms with Gasteiger partial charge in [-0.3, -0.25) is 0 Å².